The fourth-order valence-corrected chi connectivity index (χ4v) is 3.40. The van der Waals surface area contributed by atoms with Gasteiger partial charge in [0.05, 0.1) is 18.7 Å². The number of nitrogens with one attached hydrogen (secondary N) is 1. The van der Waals surface area contributed by atoms with Crippen molar-refractivity contribution in [1.82, 2.24) is 0 Å². The zero-order valence-corrected chi connectivity index (χ0v) is 18.2. The van der Waals surface area contributed by atoms with E-state index in [-0.39, 0.29) is 18.9 Å². The lowest BCUT2D eigenvalue weighted by Gasteiger charge is -2.20. The van der Waals surface area contributed by atoms with Crippen molar-refractivity contribution in [3.05, 3.63) is 48.0 Å². The molecule has 1 atom stereocenters. The van der Waals surface area contributed by atoms with E-state index in [0.717, 1.165) is 11.3 Å². The maximum absolute atomic E-state index is 12.5. The average Bonchev–Trinajstić information content (AvgIpc) is 3.14. The third-order valence-corrected chi connectivity index (χ3v) is 5.10. The maximum Gasteiger partial charge on any atom is 0.311 e. The number of ether oxygens (including phenoxy) is 2. The molecule has 0 aliphatic carbocycles. The van der Waals surface area contributed by atoms with Gasteiger partial charge in [0.2, 0.25) is 5.91 Å². The monoisotopic (exact) mass is 425 g/mol. The van der Waals surface area contributed by atoms with Crippen molar-refractivity contribution in [2.45, 2.75) is 13.3 Å². The van der Waals surface area contributed by atoms with E-state index in [2.05, 4.69) is 5.32 Å². The molecule has 1 saturated heterocycles. The molecule has 2 aromatic carbocycles. The van der Waals surface area contributed by atoms with Crippen molar-refractivity contribution < 1.29 is 23.9 Å². The van der Waals surface area contributed by atoms with Crippen LogP contribution in [-0.4, -0.2) is 52.1 Å². The van der Waals surface area contributed by atoms with E-state index in [1.54, 1.807) is 18.2 Å². The summed E-state index contributed by atoms with van der Waals surface area (Å²) in [6.07, 6.45) is 0.0313. The number of hydrogen-bond acceptors (Lipinski definition) is 6. The molecule has 0 spiro atoms. The van der Waals surface area contributed by atoms with E-state index < -0.39 is 24.4 Å². The Morgan fingerprint density at radius 2 is 1.87 bits per heavy atom. The Bertz CT molecular complexity index is 972. The summed E-state index contributed by atoms with van der Waals surface area (Å²) < 4.78 is 10.5. The van der Waals surface area contributed by atoms with Crippen molar-refractivity contribution in [1.29, 1.82) is 0 Å². The van der Waals surface area contributed by atoms with E-state index in [1.165, 1.54) is 12.0 Å². The molecule has 0 aromatic heterocycles. The molecular formula is C23H27N3O5. The summed E-state index contributed by atoms with van der Waals surface area (Å²) in [7, 11) is 5.39. The molecule has 0 unspecified atom stereocenters. The lowest BCUT2D eigenvalue weighted by Crippen LogP contribution is -2.28. The largest absolute Gasteiger partial charge is 0.495 e. The molecule has 0 radical (unpaired) electrons. The van der Waals surface area contributed by atoms with Gasteiger partial charge >= 0.3 is 5.97 Å². The summed E-state index contributed by atoms with van der Waals surface area (Å²) in [4.78, 5) is 40.6. The second-order valence-electron chi connectivity index (χ2n) is 7.68. The molecule has 8 nitrogen and oxygen atoms in total. The van der Waals surface area contributed by atoms with Crippen molar-refractivity contribution in [2.75, 3.05) is 49.5 Å². The van der Waals surface area contributed by atoms with Crippen LogP contribution in [-0.2, 0) is 19.1 Å². The number of esters is 1. The molecule has 2 amide bonds. The highest BCUT2D eigenvalue weighted by molar-refractivity contribution is 6.01. The average molecular weight is 425 g/mol. The summed E-state index contributed by atoms with van der Waals surface area (Å²) >= 11 is 0. The number of hydrogen-bond donors (Lipinski definition) is 1. The topological polar surface area (TPSA) is 88.2 Å². The summed E-state index contributed by atoms with van der Waals surface area (Å²) in [5.41, 5.74) is 3.22. The summed E-state index contributed by atoms with van der Waals surface area (Å²) in [5.74, 6) is -1.26. The fourth-order valence-electron chi connectivity index (χ4n) is 3.40. The highest BCUT2D eigenvalue weighted by Gasteiger charge is 2.37. The zero-order chi connectivity index (χ0) is 22.5. The van der Waals surface area contributed by atoms with E-state index in [9.17, 15) is 14.4 Å². The Kier molecular flexibility index (Phi) is 6.79. The molecule has 8 heteroatoms. The smallest absolute Gasteiger partial charge is 0.311 e. The van der Waals surface area contributed by atoms with E-state index in [4.69, 9.17) is 9.47 Å². The van der Waals surface area contributed by atoms with Crippen LogP contribution < -0.4 is 19.9 Å². The second-order valence-corrected chi connectivity index (χ2v) is 7.68. The molecule has 164 valence electrons. The first-order chi connectivity index (χ1) is 14.8. The number of carbonyl (C=O) groups is 3. The van der Waals surface area contributed by atoms with Gasteiger partial charge in [-0.1, -0.05) is 6.07 Å². The van der Waals surface area contributed by atoms with Crippen LogP contribution in [0.1, 0.15) is 12.0 Å². The fraction of sp³-hybridized carbons (Fsp3) is 0.348. The first-order valence-corrected chi connectivity index (χ1v) is 9.97. The van der Waals surface area contributed by atoms with Crippen LogP contribution in [0.15, 0.2) is 42.5 Å². The minimum absolute atomic E-state index is 0.0313. The van der Waals surface area contributed by atoms with Gasteiger partial charge in [0.25, 0.3) is 5.91 Å². The van der Waals surface area contributed by atoms with Gasteiger partial charge in [-0.05, 0) is 48.9 Å². The van der Waals surface area contributed by atoms with Crippen molar-refractivity contribution in [2.24, 2.45) is 5.92 Å². The quantitative estimate of drug-likeness (QED) is 0.686. The molecular weight excluding hydrogens is 398 g/mol. The Labute approximate surface area is 181 Å². The van der Waals surface area contributed by atoms with Crippen LogP contribution in [0, 0.1) is 12.8 Å². The van der Waals surface area contributed by atoms with E-state index in [1.807, 2.05) is 50.2 Å². The number of amides is 2. The van der Waals surface area contributed by atoms with Gasteiger partial charge in [-0.25, -0.2) is 0 Å². The zero-order valence-electron chi connectivity index (χ0n) is 18.2. The molecule has 1 aliphatic rings. The number of nitrogens with zero attached hydrogens (tertiary/aromatic N) is 2. The second kappa shape index (κ2) is 9.51. The number of methoxy groups -OCH3 is 1. The van der Waals surface area contributed by atoms with Crippen molar-refractivity contribution in [3.63, 3.8) is 0 Å². The van der Waals surface area contributed by atoms with Gasteiger partial charge in [0.15, 0.2) is 6.61 Å². The molecule has 0 saturated carbocycles. The SMILES string of the molecule is COc1ccc(C)cc1N1C[C@H](C(=O)OCC(=O)Nc2ccc(N(C)C)cc2)CC1=O. The minimum Gasteiger partial charge on any atom is -0.495 e. The van der Waals surface area contributed by atoms with Gasteiger partial charge in [-0.15, -0.1) is 0 Å². The van der Waals surface area contributed by atoms with Crippen LogP contribution in [0.25, 0.3) is 0 Å². The minimum atomic E-state index is -0.634. The third kappa shape index (κ3) is 5.33. The van der Waals surface area contributed by atoms with Crippen LogP contribution in [0.2, 0.25) is 0 Å². The molecule has 31 heavy (non-hydrogen) atoms. The van der Waals surface area contributed by atoms with Crippen LogP contribution >= 0.6 is 0 Å². The van der Waals surface area contributed by atoms with Gasteiger partial charge in [0.1, 0.15) is 5.75 Å². The lowest BCUT2D eigenvalue weighted by atomic mass is 10.1. The standard InChI is InChI=1S/C23H27N3O5/c1-15-5-10-20(30-4)19(11-15)26-13-16(12-22(26)28)23(29)31-14-21(27)24-17-6-8-18(9-7-17)25(2)3/h5-11,16H,12-14H2,1-4H3,(H,24,27)/t16-/m1/s1. The third-order valence-electron chi connectivity index (χ3n) is 5.10. The summed E-state index contributed by atoms with van der Waals surface area (Å²) in [6, 6.07) is 12.8. The Morgan fingerprint density at radius 3 is 2.52 bits per heavy atom. The summed E-state index contributed by atoms with van der Waals surface area (Å²) in [6.45, 7) is 1.69. The summed E-state index contributed by atoms with van der Waals surface area (Å²) in [5, 5.41) is 2.69. The Balaban J connectivity index is 1.55. The van der Waals surface area contributed by atoms with Crippen LogP contribution in [0.3, 0.4) is 0 Å². The molecule has 3 rings (SSSR count). The van der Waals surface area contributed by atoms with Crippen molar-refractivity contribution >= 4 is 34.8 Å². The number of benzene rings is 2. The first kappa shape index (κ1) is 22.1. The van der Waals surface area contributed by atoms with Crippen molar-refractivity contribution in [3.8, 4) is 5.75 Å². The number of rotatable bonds is 7. The molecule has 1 fully saturated rings. The van der Waals surface area contributed by atoms with Gasteiger partial charge < -0.3 is 24.6 Å². The van der Waals surface area contributed by atoms with Crippen LogP contribution in [0.5, 0.6) is 5.75 Å². The first-order valence-electron chi connectivity index (χ1n) is 9.97. The highest BCUT2D eigenvalue weighted by atomic mass is 16.5. The van der Waals surface area contributed by atoms with E-state index >= 15 is 0 Å². The molecule has 2 aromatic rings. The van der Waals surface area contributed by atoms with Gasteiger partial charge in [-0.3, -0.25) is 14.4 Å². The molecule has 1 N–H and O–H groups in total. The number of carbonyl (C=O) groups excluding carboxylic acids is 3. The normalized spacial score (nSPS) is 15.5. The van der Waals surface area contributed by atoms with Crippen LogP contribution in [0.4, 0.5) is 17.1 Å². The molecule has 1 aliphatic heterocycles. The predicted octanol–water partition coefficient (Wildman–Crippen LogP) is 2.60. The van der Waals surface area contributed by atoms with Gasteiger partial charge in [-0.2, -0.15) is 0 Å². The highest BCUT2D eigenvalue weighted by Crippen LogP contribution is 2.34. The molecule has 1 heterocycles. The predicted molar refractivity (Wildman–Crippen MR) is 119 cm³/mol. The van der Waals surface area contributed by atoms with E-state index in [0.29, 0.717) is 17.1 Å². The number of anilines is 3. The Morgan fingerprint density at radius 1 is 1.16 bits per heavy atom. The Hall–Kier alpha value is -3.55. The van der Waals surface area contributed by atoms with Gasteiger partial charge in [0, 0.05) is 38.4 Å². The molecule has 0 bridgehead atoms. The lowest BCUT2D eigenvalue weighted by molar-refractivity contribution is -0.151. The number of aryl methyl sites for hydroxylation is 1. The maximum atomic E-state index is 12.5.